The molecule has 0 saturated carbocycles. The second kappa shape index (κ2) is 7.53. The highest BCUT2D eigenvalue weighted by Crippen LogP contribution is 2.22. The van der Waals surface area contributed by atoms with Crippen molar-refractivity contribution in [2.75, 3.05) is 18.4 Å². The van der Waals surface area contributed by atoms with Gasteiger partial charge in [-0.05, 0) is 50.2 Å². The fourth-order valence-corrected chi connectivity index (χ4v) is 4.47. The Labute approximate surface area is 153 Å². The normalized spacial score (nSPS) is 21.3. The smallest absolute Gasteiger partial charge is 0.274 e. The van der Waals surface area contributed by atoms with Gasteiger partial charge in [-0.2, -0.15) is 4.31 Å². The summed E-state index contributed by atoms with van der Waals surface area (Å²) in [7, 11) is -3.60. The number of morpholine rings is 1. The van der Waals surface area contributed by atoms with Crippen molar-refractivity contribution in [1.82, 2.24) is 9.29 Å². The van der Waals surface area contributed by atoms with Crippen molar-refractivity contribution in [2.45, 2.75) is 31.0 Å². The van der Waals surface area contributed by atoms with Crippen LogP contribution in [0.25, 0.3) is 0 Å². The molecule has 1 aromatic carbocycles. The van der Waals surface area contributed by atoms with Gasteiger partial charge >= 0.3 is 0 Å². The predicted octanol–water partition coefficient (Wildman–Crippen LogP) is 2.13. The maximum absolute atomic E-state index is 12.8. The number of sulfonamides is 1. The number of hydrogen-bond acceptors (Lipinski definition) is 5. The van der Waals surface area contributed by atoms with Crippen LogP contribution in [0, 0.1) is 0 Å². The van der Waals surface area contributed by atoms with Gasteiger partial charge in [0.05, 0.1) is 17.1 Å². The van der Waals surface area contributed by atoms with Gasteiger partial charge in [-0.3, -0.25) is 9.78 Å². The Morgan fingerprint density at radius 3 is 2.35 bits per heavy atom. The summed E-state index contributed by atoms with van der Waals surface area (Å²) in [5, 5.41) is 2.70. The van der Waals surface area contributed by atoms with Crippen LogP contribution in [0.3, 0.4) is 0 Å². The molecule has 2 aromatic rings. The summed E-state index contributed by atoms with van der Waals surface area (Å²) in [6.07, 6.45) is 1.24. The van der Waals surface area contributed by atoms with E-state index in [1.807, 2.05) is 13.8 Å². The van der Waals surface area contributed by atoms with Gasteiger partial charge < -0.3 is 10.1 Å². The summed E-state index contributed by atoms with van der Waals surface area (Å²) >= 11 is 0. The largest absolute Gasteiger partial charge is 0.373 e. The van der Waals surface area contributed by atoms with Crippen molar-refractivity contribution >= 4 is 21.6 Å². The van der Waals surface area contributed by atoms with E-state index in [4.69, 9.17) is 4.74 Å². The average Bonchev–Trinajstić information content (AvgIpc) is 2.62. The average molecular weight is 375 g/mol. The summed E-state index contributed by atoms with van der Waals surface area (Å²) in [5.41, 5.74) is 0.795. The summed E-state index contributed by atoms with van der Waals surface area (Å²) < 4.78 is 32.6. The Kier molecular flexibility index (Phi) is 5.36. The lowest BCUT2D eigenvalue weighted by atomic mass is 10.3. The van der Waals surface area contributed by atoms with Crippen molar-refractivity contribution in [3.63, 3.8) is 0 Å². The molecule has 3 rings (SSSR count). The number of anilines is 1. The number of carbonyl (C=O) groups is 1. The highest BCUT2D eigenvalue weighted by Gasteiger charge is 2.32. The second-order valence-corrected chi connectivity index (χ2v) is 8.21. The van der Waals surface area contributed by atoms with Gasteiger partial charge in [-0.15, -0.1) is 0 Å². The number of carbonyl (C=O) groups excluding carboxylic acids is 1. The lowest BCUT2D eigenvalue weighted by Crippen LogP contribution is -2.48. The van der Waals surface area contributed by atoms with Crippen molar-refractivity contribution in [3.05, 3.63) is 54.4 Å². The molecule has 26 heavy (non-hydrogen) atoms. The maximum Gasteiger partial charge on any atom is 0.274 e. The van der Waals surface area contributed by atoms with Crippen LogP contribution in [0.5, 0.6) is 0 Å². The molecule has 0 spiro atoms. The summed E-state index contributed by atoms with van der Waals surface area (Å²) in [6, 6.07) is 11.2. The molecule has 8 heteroatoms. The molecular formula is C18H21N3O4S. The van der Waals surface area contributed by atoms with Crippen LogP contribution in [0.15, 0.2) is 53.6 Å². The molecule has 1 N–H and O–H groups in total. The molecule has 0 aliphatic carbocycles. The van der Waals surface area contributed by atoms with E-state index in [-0.39, 0.29) is 23.0 Å². The van der Waals surface area contributed by atoms with Crippen LogP contribution in [-0.2, 0) is 14.8 Å². The summed E-state index contributed by atoms with van der Waals surface area (Å²) in [6.45, 7) is 4.36. The van der Waals surface area contributed by atoms with Crippen molar-refractivity contribution in [3.8, 4) is 0 Å². The van der Waals surface area contributed by atoms with Crippen LogP contribution in [0.2, 0.25) is 0 Å². The molecular weight excluding hydrogens is 354 g/mol. The minimum Gasteiger partial charge on any atom is -0.373 e. The molecule has 2 atom stereocenters. The Bertz CT molecular complexity index is 859. The van der Waals surface area contributed by atoms with Crippen LogP contribution in [0.1, 0.15) is 24.3 Å². The lowest BCUT2D eigenvalue weighted by molar-refractivity contribution is -0.0440. The van der Waals surface area contributed by atoms with E-state index in [2.05, 4.69) is 10.3 Å². The first-order chi connectivity index (χ1) is 12.4. The molecule has 1 aromatic heterocycles. The fraction of sp³-hybridized carbons (Fsp3) is 0.333. The monoisotopic (exact) mass is 375 g/mol. The SMILES string of the molecule is CC1CN(S(=O)(=O)c2ccc(NC(=O)c3ccccn3)cc2)CC(C)O1. The number of nitrogens with zero attached hydrogens (tertiary/aromatic N) is 2. The number of ether oxygens (including phenoxy) is 1. The standard InChI is InChI=1S/C18H21N3O4S/c1-13-11-21(12-14(2)25-13)26(23,24)16-8-6-15(7-9-16)20-18(22)17-5-3-4-10-19-17/h3-10,13-14H,11-12H2,1-2H3,(H,20,22). The topological polar surface area (TPSA) is 88.6 Å². The minimum absolute atomic E-state index is 0.148. The number of aromatic nitrogens is 1. The lowest BCUT2D eigenvalue weighted by Gasteiger charge is -2.34. The van der Waals surface area contributed by atoms with Crippen LogP contribution in [-0.4, -0.2) is 48.9 Å². The van der Waals surface area contributed by atoms with Gasteiger partial charge in [-0.1, -0.05) is 6.07 Å². The first-order valence-corrected chi connectivity index (χ1v) is 9.78. The molecule has 0 bridgehead atoms. The van der Waals surface area contributed by atoms with E-state index in [9.17, 15) is 13.2 Å². The van der Waals surface area contributed by atoms with E-state index < -0.39 is 10.0 Å². The Morgan fingerprint density at radius 1 is 1.12 bits per heavy atom. The van der Waals surface area contributed by atoms with Crippen molar-refractivity contribution in [1.29, 1.82) is 0 Å². The molecule has 2 heterocycles. The van der Waals surface area contributed by atoms with E-state index in [1.165, 1.54) is 22.6 Å². The van der Waals surface area contributed by atoms with E-state index >= 15 is 0 Å². The van der Waals surface area contributed by atoms with Crippen LogP contribution < -0.4 is 5.32 Å². The molecule has 1 aliphatic heterocycles. The first kappa shape index (κ1) is 18.5. The highest BCUT2D eigenvalue weighted by atomic mass is 32.2. The molecule has 0 radical (unpaired) electrons. The van der Waals surface area contributed by atoms with Gasteiger partial charge in [0.1, 0.15) is 5.69 Å². The van der Waals surface area contributed by atoms with Gasteiger partial charge in [0.2, 0.25) is 10.0 Å². The zero-order chi connectivity index (χ0) is 18.7. The Hall–Kier alpha value is -2.29. The highest BCUT2D eigenvalue weighted by molar-refractivity contribution is 7.89. The zero-order valence-corrected chi connectivity index (χ0v) is 15.4. The second-order valence-electron chi connectivity index (χ2n) is 6.27. The van der Waals surface area contributed by atoms with Gasteiger partial charge in [0.15, 0.2) is 0 Å². The van der Waals surface area contributed by atoms with E-state index in [0.717, 1.165) is 0 Å². The third kappa shape index (κ3) is 4.09. The Balaban J connectivity index is 1.73. The first-order valence-electron chi connectivity index (χ1n) is 8.34. The summed E-state index contributed by atoms with van der Waals surface area (Å²) in [4.78, 5) is 16.3. The Morgan fingerprint density at radius 2 is 1.77 bits per heavy atom. The van der Waals surface area contributed by atoms with E-state index in [1.54, 1.807) is 30.3 Å². The predicted molar refractivity (Wildman–Crippen MR) is 97.4 cm³/mol. The zero-order valence-electron chi connectivity index (χ0n) is 14.6. The van der Waals surface area contributed by atoms with Crippen molar-refractivity contribution in [2.24, 2.45) is 0 Å². The minimum atomic E-state index is -3.60. The van der Waals surface area contributed by atoms with E-state index in [0.29, 0.717) is 24.5 Å². The number of hydrogen-bond donors (Lipinski definition) is 1. The number of nitrogens with one attached hydrogen (secondary N) is 1. The molecule has 138 valence electrons. The third-order valence-electron chi connectivity index (χ3n) is 4.03. The van der Waals surface area contributed by atoms with Gasteiger partial charge in [-0.25, -0.2) is 8.42 Å². The fourth-order valence-electron chi connectivity index (χ4n) is 2.88. The number of benzene rings is 1. The molecule has 7 nitrogen and oxygen atoms in total. The van der Waals surface area contributed by atoms with Gasteiger partial charge in [0, 0.05) is 25.0 Å². The van der Waals surface area contributed by atoms with Crippen LogP contribution in [0.4, 0.5) is 5.69 Å². The molecule has 1 amide bonds. The van der Waals surface area contributed by atoms with Gasteiger partial charge in [0.25, 0.3) is 5.91 Å². The van der Waals surface area contributed by atoms with Crippen LogP contribution >= 0.6 is 0 Å². The van der Waals surface area contributed by atoms with Crippen molar-refractivity contribution < 1.29 is 17.9 Å². The quantitative estimate of drug-likeness (QED) is 0.884. The number of pyridine rings is 1. The number of amides is 1. The molecule has 2 unspecified atom stereocenters. The summed E-state index contributed by atoms with van der Waals surface area (Å²) in [5.74, 6) is -0.350. The number of rotatable bonds is 4. The molecule has 1 fully saturated rings. The molecule has 1 aliphatic rings. The maximum atomic E-state index is 12.8. The third-order valence-corrected chi connectivity index (χ3v) is 5.88. The molecule has 1 saturated heterocycles.